The molecule has 0 aromatic heterocycles. The van der Waals surface area contributed by atoms with Crippen LogP contribution in [0.2, 0.25) is 0 Å². The zero-order valence-electron chi connectivity index (χ0n) is 15.3. The van der Waals surface area contributed by atoms with Crippen molar-refractivity contribution in [3.8, 4) is 22.6 Å². The van der Waals surface area contributed by atoms with Gasteiger partial charge in [0.25, 0.3) is 0 Å². The summed E-state index contributed by atoms with van der Waals surface area (Å²) in [7, 11) is 0. The predicted octanol–water partition coefficient (Wildman–Crippen LogP) is 4.18. The zero-order valence-corrected chi connectivity index (χ0v) is 16.9. The Kier molecular flexibility index (Phi) is 4.16. The van der Waals surface area contributed by atoms with Gasteiger partial charge in [0.15, 0.2) is 23.1 Å². The predicted molar refractivity (Wildman–Crippen MR) is 108 cm³/mol. The number of benzene rings is 2. The number of phenols is 2. The monoisotopic (exact) mass is 452 g/mol. The van der Waals surface area contributed by atoms with Crippen molar-refractivity contribution >= 4 is 39.1 Å². The van der Waals surface area contributed by atoms with Crippen LogP contribution in [0.3, 0.4) is 0 Å². The molecule has 0 aliphatic heterocycles. The Balaban J connectivity index is 2.15. The van der Waals surface area contributed by atoms with Gasteiger partial charge in [0.2, 0.25) is 0 Å². The van der Waals surface area contributed by atoms with Gasteiger partial charge in [-0.1, -0.05) is 0 Å². The molecule has 0 atom stereocenters. The highest BCUT2D eigenvalue weighted by molar-refractivity contribution is 9.10. The van der Waals surface area contributed by atoms with Gasteiger partial charge in [-0.25, -0.2) is 0 Å². The lowest BCUT2D eigenvalue weighted by atomic mass is 9.79. The van der Waals surface area contributed by atoms with Gasteiger partial charge in [-0.3, -0.25) is 19.2 Å². The van der Waals surface area contributed by atoms with Crippen molar-refractivity contribution in [1.82, 2.24) is 0 Å². The molecule has 29 heavy (non-hydrogen) atoms. The van der Waals surface area contributed by atoms with E-state index in [-0.39, 0.29) is 60.5 Å². The quantitative estimate of drug-likeness (QED) is 0.671. The Morgan fingerprint density at radius 2 is 1.24 bits per heavy atom. The first kappa shape index (κ1) is 19.0. The summed E-state index contributed by atoms with van der Waals surface area (Å²) in [6.45, 7) is 2.97. The summed E-state index contributed by atoms with van der Waals surface area (Å²) < 4.78 is 0.157. The van der Waals surface area contributed by atoms with Gasteiger partial charge in [0.05, 0.1) is 15.6 Å². The van der Waals surface area contributed by atoms with Crippen LogP contribution in [0.1, 0.15) is 55.3 Å². The van der Waals surface area contributed by atoms with Crippen molar-refractivity contribution in [2.45, 2.75) is 13.8 Å². The van der Waals surface area contributed by atoms with Crippen LogP contribution in [-0.4, -0.2) is 33.3 Å². The summed E-state index contributed by atoms with van der Waals surface area (Å²) in [4.78, 5) is 50.8. The minimum absolute atomic E-state index is 0.0396. The normalized spacial score (nSPS) is 15.7. The van der Waals surface area contributed by atoms with Gasteiger partial charge in [0.1, 0.15) is 11.5 Å². The largest absolute Gasteiger partial charge is 0.507 e. The second-order valence-electron chi connectivity index (χ2n) is 6.93. The Labute approximate surface area is 173 Å². The molecular weight excluding hydrogens is 440 g/mol. The third kappa shape index (κ3) is 2.61. The number of aromatic hydroxyl groups is 2. The number of carbonyl (C=O) groups is 4. The first-order valence-corrected chi connectivity index (χ1v) is 9.39. The Bertz CT molecular complexity index is 1260. The lowest BCUT2D eigenvalue weighted by molar-refractivity contribution is 0.0981. The SMILES string of the molecule is CC1=CC(=O)c2c(O)ccc(-c3cc(Br)c(O)c4c3C(=O)C(C)=CC4=O)c2C1=O. The molecule has 2 aliphatic carbocycles. The molecule has 144 valence electrons. The van der Waals surface area contributed by atoms with Crippen LogP contribution in [0.5, 0.6) is 11.5 Å². The van der Waals surface area contributed by atoms with E-state index in [2.05, 4.69) is 15.9 Å². The second-order valence-corrected chi connectivity index (χ2v) is 7.78. The molecule has 0 bridgehead atoms. The Morgan fingerprint density at radius 3 is 1.83 bits per heavy atom. The lowest BCUT2D eigenvalue weighted by Gasteiger charge is -2.23. The Morgan fingerprint density at radius 1 is 0.724 bits per heavy atom. The van der Waals surface area contributed by atoms with Gasteiger partial charge < -0.3 is 10.2 Å². The van der Waals surface area contributed by atoms with Crippen LogP contribution in [0.15, 0.2) is 46.0 Å². The fourth-order valence-electron chi connectivity index (χ4n) is 3.69. The highest BCUT2D eigenvalue weighted by Gasteiger charge is 2.35. The van der Waals surface area contributed by atoms with Crippen LogP contribution in [0.25, 0.3) is 11.1 Å². The summed E-state index contributed by atoms with van der Waals surface area (Å²) in [6, 6.07) is 4.11. The molecule has 2 aromatic rings. The number of hydrogen-bond acceptors (Lipinski definition) is 6. The molecule has 0 fully saturated rings. The number of Topliss-reactive ketones (excluding diaryl/α,β-unsaturated/α-hetero) is 2. The molecule has 0 heterocycles. The number of phenolic OH excluding ortho intramolecular Hbond substituents is 2. The highest BCUT2D eigenvalue weighted by Crippen LogP contribution is 2.44. The number of allylic oxidation sites excluding steroid dienone is 4. The third-order valence-electron chi connectivity index (χ3n) is 5.09. The molecule has 6 nitrogen and oxygen atoms in total. The fourth-order valence-corrected chi connectivity index (χ4v) is 4.12. The molecule has 0 spiro atoms. The molecule has 0 radical (unpaired) electrons. The molecule has 0 amide bonds. The van der Waals surface area contributed by atoms with Crippen LogP contribution in [0.4, 0.5) is 0 Å². The maximum absolute atomic E-state index is 12.9. The number of fused-ring (bicyclic) bond motifs is 2. The first-order valence-electron chi connectivity index (χ1n) is 8.60. The molecule has 0 saturated heterocycles. The van der Waals surface area contributed by atoms with Crippen molar-refractivity contribution in [3.05, 3.63) is 68.2 Å². The summed E-state index contributed by atoms with van der Waals surface area (Å²) in [6.07, 6.45) is 2.30. The number of ketones is 4. The van der Waals surface area contributed by atoms with Crippen molar-refractivity contribution in [1.29, 1.82) is 0 Å². The first-order chi connectivity index (χ1) is 13.6. The van der Waals surface area contributed by atoms with Gasteiger partial charge >= 0.3 is 0 Å². The molecule has 2 aliphatic rings. The Hall–Kier alpha value is -3.32. The van der Waals surface area contributed by atoms with Crippen molar-refractivity contribution in [3.63, 3.8) is 0 Å². The molecule has 7 heteroatoms. The second kappa shape index (κ2) is 6.35. The standard InChI is InChI=1S/C22H13BrO6/c1-8-5-14(25)18-13(24)4-3-10(16(18)20(8)27)11-7-12(23)22(29)19-15(26)6-9(2)21(28)17(11)19/h3-7,24,29H,1-2H3. The molecule has 4 rings (SSSR count). The van der Waals surface area contributed by atoms with E-state index in [0.717, 1.165) is 12.2 Å². The van der Waals surface area contributed by atoms with Gasteiger partial charge in [-0.2, -0.15) is 0 Å². The summed E-state index contributed by atoms with van der Waals surface area (Å²) >= 11 is 3.19. The van der Waals surface area contributed by atoms with Gasteiger partial charge in [0, 0.05) is 22.3 Å². The third-order valence-corrected chi connectivity index (χ3v) is 5.69. The fraction of sp³-hybridized carbons (Fsp3) is 0.0909. The number of rotatable bonds is 1. The summed E-state index contributed by atoms with van der Waals surface area (Å²) in [5.41, 5.74) is 0.403. The number of halogens is 1. The van der Waals surface area contributed by atoms with Crippen LogP contribution < -0.4 is 0 Å². The average Bonchev–Trinajstić information content (AvgIpc) is 2.66. The number of hydrogen-bond donors (Lipinski definition) is 2. The van der Waals surface area contributed by atoms with E-state index < -0.39 is 23.1 Å². The van der Waals surface area contributed by atoms with Crippen LogP contribution in [0, 0.1) is 0 Å². The van der Waals surface area contributed by atoms with Crippen molar-refractivity contribution < 1.29 is 29.4 Å². The highest BCUT2D eigenvalue weighted by atomic mass is 79.9. The maximum Gasteiger partial charge on any atom is 0.190 e. The molecular formula is C22H13BrO6. The average molecular weight is 453 g/mol. The van der Waals surface area contributed by atoms with E-state index in [1.54, 1.807) is 0 Å². The van der Waals surface area contributed by atoms with E-state index in [4.69, 9.17) is 0 Å². The van der Waals surface area contributed by atoms with Crippen LogP contribution in [-0.2, 0) is 0 Å². The van der Waals surface area contributed by atoms with Gasteiger partial charge in [-0.15, -0.1) is 0 Å². The molecule has 0 saturated carbocycles. The minimum Gasteiger partial charge on any atom is -0.507 e. The van der Waals surface area contributed by atoms with Crippen LogP contribution >= 0.6 is 15.9 Å². The van der Waals surface area contributed by atoms with E-state index in [0.29, 0.717) is 0 Å². The molecule has 2 aromatic carbocycles. The zero-order chi connectivity index (χ0) is 21.2. The summed E-state index contributed by atoms with van der Waals surface area (Å²) in [5.74, 6) is -2.73. The van der Waals surface area contributed by atoms with E-state index >= 15 is 0 Å². The molecule has 0 unspecified atom stereocenters. The minimum atomic E-state index is -0.539. The molecule has 2 N–H and O–H groups in total. The number of carbonyl (C=O) groups excluding carboxylic acids is 4. The smallest absolute Gasteiger partial charge is 0.190 e. The van der Waals surface area contributed by atoms with E-state index in [1.807, 2.05) is 0 Å². The lowest BCUT2D eigenvalue weighted by Crippen LogP contribution is -2.20. The van der Waals surface area contributed by atoms with Crippen molar-refractivity contribution in [2.24, 2.45) is 0 Å². The van der Waals surface area contributed by atoms with Gasteiger partial charge in [-0.05, 0) is 71.3 Å². The van der Waals surface area contributed by atoms with E-state index in [1.165, 1.54) is 32.0 Å². The summed E-state index contributed by atoms with van der Waals surface area (Å²) in [5, 5.41) is 20.6. The topological polar surface area (TPSA) is 109 Å². The maximum atomic E-state index is 12.9. The van der Waals surface area contributed by atoms with E-state index in [9.17, 15) is 29.4 Å². The van der Waals surface area contributed by atoms with Crippen molar-refractivity contribution in [2.75, 3.05) is 0 Å².